The van der Waals surface area contributed by atoms with Crippen molar-refractivity contribution in [1.29, 1.82) is 0 Å². The highest BCUT2D eigenvalue weighted by molar-refractivity contribution is 7.12. The van der Waals surface area contributed by atoms with Crippen LogP contribution in [0.2, 0.25) is 0 Å². The summed E-state index contributed by atoms with van der Waals surface area (Å²) in [5, 5.41) is 10.2. The Hall–Kier alpha value is -0.340. The SMILES string of the molecule is Cc1cc(C)c(C(O)C(C)C(C)C)s1. The summed E-state index contributed by atoms with van der Waals surface area (Å²) in [5.41, 5.74) is 1.23. The van der Waals surface area contributed by atoms with E-state index in [-0.39, 0.29) is 6.10 Å². The molecule has 1 aromatic rings. The van der Waals surface area contributed by atoms with Crippen molar-refractivity contribution in [3.63, 3.8) is 0 Å². The van der Waals surface area contributed by atoms with Gasteiger partial charge in [-0.3, -0.25) is 0 Å². The zero-order valence-electron chi connectivity index (χ0n) is 9.66. The van der Waals surface area contributed by atoms with Crippen molar-refractivity contribution < 1.29 is 5.11 Å². The van der Waals surface area contributed by atoms with Crippen molar-refractivity contribution in [2.24, 2.45) is 11.8 Å². The minimum absolute atomic E-state index is 0.298. The predicted molar refractivity (Wildman–Crippen MR) is 62.8 cm³/mol. The highest BCUT2D eigenvalue weighted by atomic mass is 32.1. The first kappa shape index (κ1) is 11.7. The summed E-state index contributed by atoms with van der Waals surface area (Å²) in [6.45, 7) is 10.6. The lowest BCUT2D eigenvalue weighted by atomic mass is 9.90. The number of aliphatic hydroxyl groups is 1. The van der Waals surface area contributed by atoms with E-state index >= 15 is 0 Å². The average Bonchev–Trinajstić information content (AvgIpc) is 2.42. The molecule has 1 aromatic heterocycles. The monoisotopic (exact) mass is 212 g/mol. The fourth-order valence-electron chi connectivity index (χ4n) is 1.56. The molecule has 1 heterocycles. The first-order chi connectivity index (χ1) is 6.43. The van der Waals surface area contributed by atoms with Gasteiger partial charge in [0.2, 0.25) is 0 Å². The number of aryl methyl sites for hydroxylation is 2. The molecule has 0 amide bonds. The summed E-state index contributed by atoms with van der Waals surface area (Å²) < 4.78 is 0. The lowest BCUT2D eigenvalue weighted by Gasteiger charge is -2.21. The first-order valence-electron chi connectivity index (χ1n) is 5.18. The van der Waals surface area contributed by atoms with Gasteiger partial charge in [0.15, 0.2) is 0 Å². The average molecular weight is 212 g/mol. The molecule has 0 aliphatic rings. The zero-order valence-corrected chi connectivity index (χ0v) is 10.5. The van der Waals surface area contributed by atoms with Crippen molar-refractivity contribution in [1.82, 2.24) is 0 Å². The summed E-state index contributed by atoms with van der Waals surface area (Å²) in [7, 11) is 0. The van der Waals surface area contributed by atoms with Crippen molar-refractivity contribution in [3.8, 4) is 0 Å². The quantitative estimate of drug-likeness (QED) is 0.810. The van der Waals surface area contributed by atoms with Crippen LogP contribution in [0.5, 0.6) is 0 Å². The molecule has 0 saturated carbocycles. The maximum atomic E-state index is 10.2. The van der Waals surface area contributed by atoms with Gasteiger partial charge in [0, 0.05) is 9.75 Å². The fraction of sp³-hybridized carbons (Fsp3) is 0.667. The number of aliphatic hydroxyl groups excluding tert-OH is 1. The largest absolute Gasteiger partial charge is 0.387 e. The van der Waals surface area contributed by atoms with E-state index in [2.05, 4.69) is 40.7 Å². The van der Waals surface area contributed by atoms with Crippen LogP contribution in [-0.2, 0) is 0 Å². The topological polar surface area (TPSA) is 20.2 Å². The van der Waals surface area contributed by atoms with Gasteiger partial charge in [0.05, 0.1) is 6.10 Å². The third-order valence-electron chi connectivity index (χ3n) is 2.90. The molecular formula is C12H20OS. The maximum absolute atomic E-state index is 10.2. The molecule has 2 atom stereocenters. The van der Waals surface area contributed by atoms with Gasteiger partial charge < -0.3 is 5.11 Å². The fourth-order valence-corrected chi connectivity index (χ4v) is 2.69. The first-order valence-corrected chi connectivity index (χ1v) is 6.00. The van der Waals surface area contributed by atoms with E-state index in [9.17, 15) is 5.11 Å². The summed E-state index contributed by atoms with van der Waals surface area (Å²) >= 11 is 1.72. The van der Waals surface area contributed by atoms with Crippen molar-refractivity contribution in [2.45, 2.75) is 40.7 Å². The van der Waals surface area contributed by atoms with Crippen LogP contribution in [0.25, 0.3) is 0 Å². The van der Waals surface area contributed by atoms with Crippen LogP contribution in [0.15, 0.2) is 6.07 Å². The third kappa shape index (κ3) is 2.37. The Labute approximate surface area is 90.8 Å². The molecule has 0 radical (unpaired) electrons. The lowest BCUT2D eigenvalue weighted by Crippen LogP contribution is -2.14. The Bertz CT molecular complexity index is 301. The Kier molecular flexibility index (Phi) is 3.73. The summed E-state index contributed by atoms with van der Waals surface area (Å²) in [6.07, 6.45) is -0.298. The van der Waals surface area contributed by atoms with Crippen LogP contribution < -0.4 is 0 Å². The highest BCUT2D eigenvalue weighted by Gasteiger charge is 2.22. The van der Waals surface area contributed by atoms with Gasteiger partial charge >= 0.3 is 0 Å². The van der Waals surface area contributed by atoms with E-state index < -0.39 is 0 Å². The third-order valence-corrected chi connectivity index (χ3v) is 4.12. The van der Waals surface area contributed by atoms with Gasteiger partial charge in [-0.1, -0.05) is 20.8 Å². The van der Waals surface area contributed by atoms with Crippen LogP contribution in [0, 0.1) is 25.7 Å². The zero-order chi connectivity index (χ0) is 10.9. The maximum Gasteiger partial charge on any atom is 0.0912 e. The molecule has 0 saturated heterocycles. The van der Waals surface area contributed by atoms with Gasteiger partial charge in [-0.05, 0) is 37.3 Å². The number of hydrogen-bond acceptors (Lipinski definition) is 2. The van der Waals surface area contributed by atoms with Crippen LogP contribution >= 0.6 is 11.3 Å². The molecule has 0 spiro atoms. The Morgan fingerprint density at radius 3 is 2.14 bits per heavy atom. The van der Waals surface area contributed by atoms with Gasteiger partial charge in [-0.2, -0.15) is 0 Å². The van der Waals surface area contributed by atoms with E-state index in [1.165, 1.54) is 10.4 Å². The number of thiophene rings is 1. The van der Waals surface area contributed by atoms with Crippen LogP contribution in [0.1, 0.15) is 42.2 Å². The molecule has 2 unspecified atom stereocenters. The molecule has 0 aromatic carbocycles. The Balaban J connectivity index is 2.88. The predicted octanol–water partition coefficient (Wildman–Crippen LogP) is 3.69. The molecule has 1 N–H and O–H groups in total. The van der Waals surface area contributed by atoms with Gasteiger partial charge in [-0.25, -0.2) is 0 Å². The molecule has 14 heavy (non-hydrogen) atoms. The van der Waals surface area contributed by atoms with Gasteiger partial charge in [-0.15, -0.1) is 11.3 Å². The van der Waals surface area contributed by atoms with Crippen molar-refractivity contribution in [2.75, 3.05) is 0 Å². The minimum atomic E-state index is -0.298. The molecule has 1 nitrogen and oxygen atoms in total. The van der Waals surface area contributed by atoms with Gasteiger partial charge in [0.25, 0.3) is 0 Å². The molecule has 0 fully saturated rings. The second kappa shape index (κ2) is 4.45. The number of rotatable bonds is 3. The Morgan fingerprint density at radius 2 is 1.79 bits per heavy atom. The Morgan fingerprint density at radius 1 is 1.21 bits per heavy atom. The molecule has 1 rings (SSSR count). The van der Waals surface area contributed by atoms with E-state index in [1.54, 1.807) is 11.3 Å². The normalized spacial score (nSPS) is 15.9. The van der Waals surface area contributed by atoms with Crippen LogP contribution in [0.3, 0.4) is 0 Å². The summed E-state index contributed by atoms with van der Waals surface area (Å²) in [5.74, 6) is 0.846. The summed E-state index contributed by atoms with van der Waals surface area (Å²) in [4.78, 5) is 2.43. The van der Waals surface area contributed by atoms with E-state index in [4.69, 9.17) is 0 Å². The lowest BCUT2D eigenvalue weighted by molar-refractivity contribution is 0.0948. The minimum Gasteiger partial charge on any atom is -0.387 e. The molecule has 0 aliphatic carbocycles. The van der Waals surface area contributed by atoms with Gasteiger partial charge in [0.1, 0.15) is 0 Å². The second-order valence-electron chi connectivity index (χ2n) is 4.45. The standard InChI is InChI=1S/C12H20OS/c1-7(2)10(5)11(13)12-8(3)6-9(4)14-12/h6-7,10-11,13H,1-5H3. The van der Waals surface area contributed by atoms with E-state index in [0.717, 1.165) is 4.88 Å². The summed E-state index contributed by atoms with van der Waals surface area (Å²) in [6, 6.07) is 2.15. The van der Waals surface area contributed by atoms with Crippen molar-refractivity contribution >= 4 is 11.3 Å². The molecular weight excluding hydrogens is 192 g/mol. The van der Waals surface area contributed by atoms with Crippen LogP contribution in [-0.4, -0.2) is 5.11 Å². The van der Waals surface area contributed by atoms with E-state index in [0.29, 0.717) is 11.8 Å². The van der Waals surface area contributed by atoms with Crippen LogP contribution in [0.4, 0.5) is 0 Å². The smallest absolute Gasteiger partial charge is 0.0912 e. The van der Waals surface area contributed by atoms with Crippen molar-refractivity contribution in [3.05, 3.63) is 21.4 Å². The molecule has 0 bridgehead atoms. The molecule has 0 aliphatic heterocycles. The molecule has 80 valence electrons. The molecule has 2 heteroatoms. The highest BCUT2D eigenvalue weighted by Crippen LogP contribution is 2.34. The number of hydrogen-bond donors (Lipinski definition) is 1. The second-order valence-corrected chi connectivity index (χ2v) is 5.74. The van der Waals surface area contributed by atoms with E-state index in [1.807, 2.05) is 0 Å².